The molecule has 1 aromatic carbocycles. The molecule has 4 nitrogen and oxygen atoms in total. The Morgan fingerprint density at radius 2 is 2.14 bits per heavy atom. The first kappa shape index (κ1) is 15.5. The van der Waals surface area contributed by atoms with Crippen LogP contribution in [0.2, 0.25) is 0 Å². The van der Waals surface area contributed by atoms with Crippen molar-refractivity contribution in [3.63, 3.8) is 0 Å². The molecule has 0 aromatic heterocycles. The van der Waals surface area contributed by atoms with Gasteiger partial charge in [-0.25, -0.2) is 9.18 Å². The predicted molar refractivity (Wildman–Crippen MR) is 76.6 cm³/mol. The number of hydrogen-bond acceptors (Lipinski definition) is 3. The molecule has 2 rings (SSSR count). The molecule has 1 saturated heterocycles. The van der Waals surface area contributed by atoms with Crippen LogP contribution in [0.15, 0.2) is 24.3 Å². The van der Waals surface area contributed by atoms with E-state index in [9.17, 15) is 14.0 Å². The predicted octanol–water partition coefficient (Wildman–Crippen LogP) is 3.12. The number of amides is 1. The second-order valence-corrected chi connectivity index (χ2v) is 6.25. The number of rotatable bonds is 2. The van der Waals surface area contributed by atoms with Crippen molar-refractivity contribution in [3.8, 4) is 0 Å². The summed E-state index contributed by atoms with van der Waals surface area (Å²) in [6, 6.07) is 5.56. The fraction of sp³-hybridized carbons (Fsp3) is 0.500. The van der Waals surface area contributed by atoms with Crippen LogP contribution in [0.5, 0.6) is 0 Å². The number of carbonyl (C=O) groups is 2. The second-order valence-electron chi connectivity index (χ2n) is 6.25. The normalized spacial score (nSPS) is 22.2. The van der Waals surface area contributed by atoms with Crippen LogP contribution in [0.3, 0.4) is 0 Å². The molecule has 0 spiro atoms. The molecule has 0 N–H and O–H groups in total. The van der Waals surface area contributed by atoms with Crippen LogP contribution in [-0.4, -0.2) is 35.5 Å². The molecule has 5 heteroatoms. The summed E-state index contributed by atoms with van der Waals surface area (Å²) in [4.78, 5) is 25.0. The van der Waals surface area contributed by atoms with Gasteiger partial charge in [-0.1, -0.05) is 12.1 Å². The second kappa shape index (κ2) is 5.84. The molecule has 0 unspecified atom stereocenters. The minimum absolute atomic E-state index is 0.189. The van der Waals surface area contributed by atoms with Crippen molar-refractivity contribution >= 4 is 12.4 Å². The Labute approximate surface area is 123 Å². The lowest BCUT2D eigenvalue weighted by molar-refractivity contribution is -0.112. The zero-order valence-corrected chi connectivity index (χ0v) is 12.5. The molecule has 0 aliphatic carbocycles. The Hall–Kier alpha value is -1.91. The quantitative estimate of drug-likeness (QED) is 0.787. The third-order valence-corrected chi connectivity index (χ3v) is 3.50. The number of halogens is 1. The van der Waals surface area contributed by atoms with Crippen LogP contribution in [0.25, 0.3) is 0 Å². The van der Waals surface area contributed by atoms with Gasteiger partial charge in [0.25, 0.3) is 0 Å². The fourth-order valence-corrected chi connectivity index (χ4v) is 2.62. The Balaban J connectivity index is 2.18. The van der Waals surface area contributed by atoms with E-state index < -0.39 is 17.7 Å². The monoisotopic (exact) mass is 293 g/mol. The smallest absolute Gasteiger partial charge is 0.410 e. The summed E-state index contributed by atoms with van der Waals surface area (Å²) < 4.78 is 18.7. The van der Waals surface area contributed by atoms with Crippen molar-refractivity contribution in [2.45, 2.75) is 44.8 Å². The number of ether oxygens (including phenoxy) is 1. The topological polar surface area (TPSA) is 46.6 Å². The molecule has 1 heterocycles. The van der Waals surface area contributed by atoms with Crippen molar-refractivity contribution in [2.24, 2.45) is 0 Å². The summed E-state index contributed by atoms with van der Waals surface area (Å²) in [7, 11) is 0. The van der Waals surface area contributed by atoms with Gasteiger partial charge in [0, 0.05) is 12.5 Å². The van der Waals surface area contributed by atoms with Crippen molar-refractivity contribution < 1.29 is 18.7 Å². The summed E-state index contributed by atoms with van der Waals surface area (Å²) in [5.41, 5.74) is 0.125. The van der Waals surface area contributed by atoms with Gasteiger partial charge >= 0.3 is 6.09 Å². The van der Waals surface area contributed by atoms with Gasteiger partial charge in [0.15, 0.2) is 0 Å². The first-order valence-corrected chi connectivity index (χ1v) is 7.02. The van der Waals surface area contributed by atoms with Crippen molar-refractivity contribution in [3.05, 3.63) is 35.6 Å². The number of benzene rings is 1. The Kier molecular flexibility index (Phi) is 4.30. The van der Waals surface area contributed by atoms with E-state index >= 15 is 0 Å². The van der Waals surface area contributed by atoms with Crippen molar-refractivity contribution in [1.29, 1.82) is 0 Å². The summed E-state index contributed by atoms with van der Waals surface area (Å²) in [5, 5.41) is 0. The minimum atomic E-state index is -0.610. The maximum Gasteiger partial charge on any atom is 0.410 e. The molecule has 1 aliphatic heterocycles. The molecule has 1 aromatic rings. The van der Waals surface area contributed by atoms with Gasteiger partial charge in [-0.15, -0.1) is 0 Å². The average Bonchev–Trinajstić information content (AvgIpc) is 2.80. The standard InChI is InChI=1S/C16H20FNO3/c1-16(2,3)21-15(20)18-8-7-13(14(18)10-19)11-5-4-6-12(17)9-11/h4-6,9-10,13-14H,7-8H2,1-3H3/t13-,14+/m0/s1. The zero-order valence-electron chi connectivity index (χ0n) is 12.5. The first-order chi connectivity index (χ1) is 9.81. The maximum atomic E-state index is 13.3. The molecule has 1 fully saturated rings. The Morgan fingerprint density at radius 3 is 2.71 bits per heavy atom. The first-order valence-electron chi connectivity index (χ1n) is 7.02. The largest absolute Gasteiger partial charge is 0.444 e. The highest BCUT2D eigenvalue weighted by atomic mass is 19.1. The van der Waals surface area contributed by atoms with Gasteiger partial charge in [-0.05, 0) is 44.9 Å². The molecular weight excluding hydrogens is 273 g/mol. The van der Waals surface area contributed by atoms with Gasteiger partial charge in [0.2, 0.25) is 0 Å². The van der Waals surface area contributed by atoms with Crippen LogP contribution in [0.4, 0.5) is 9.18 Å². The Bertz CT molecular complexity index is 539. The molecule has 2 atom stereocenters. The molecule has 21 heavy (non-hydrogen) atoms. The van der Waals surface area contributed by atoms with E-state index in [-0.39, 0.29) is 11.7 Å². The Morgan fingerprint density at radius 1 is 1.43 bits per heavy atom. The highest BCUT2D eigenvalue weighted by Crippen LogP contribution is 2.33. The van der Waals surface area contributed by atoms with E-state index in [1.807, 2.05) is 0 Å². The van der Waals surface area contributed by atoms with Crippen molar-refractivity contribution in [1.82, 2.24) is 4.90 Å². The van der Waals surface area contributed by atoms with Gasteiger partial charge in [0.05, 0.1) is 6.04 Å². The third kappa shape index (κ3) is 3.60. The number of carbonyl (C=O) groups excluding carboxylic acids is 2. The third-order valence-electron chi connectivity index (χ3n) is 3.50. The zero-order chi connectivity index (χ0) is 15.6. The van der Waals surface area contributed by atoms with Gasteiger partial charge in [-0.3, -0.25) is 4.90 Å². The minimum Gasteiger partial charge on any atom is -0.444 e. The van der Waals surface area contributed by atoms with Crippen LogP contribution in [0.1, 0.15) is 38.7 Å². The molecule has 1 amide bonds. The molecule has 114 valence electrons. The summed E-state index contributed by atoms with van der Waals surface area (Å²) in [5.74, 6) is -0.529. The lowest BCUT2D eigenvalue weighted by atomic mass is 9.92. The molecule has 1 aliphatic rings. The number of likely N-dealkylation sites (tertiary alicyclic amines) is 1. The number of nitrogens with zero attached hydrogens (tertiary/aromatic N) is 1. The molecular formula is C16H20FNO3. The summed E-state index contributed by atoms with van der Waals surface area (Å²) in [6.07, 6.45) is 0.858. The van der Waals surface area contributed by atoms with Crippen LogP contribution >= 0.6 is 0 Å². The SMILES string of the molecule is CC(C)(C)OC(=O)N1CC[C@@H](c2cccc(F)c2)[C@H]1C=O. The van der Waals surface area contributed by atoms with Crippen LogP contribution in [-0.2, 0) is 9.53 Å². The summed E-state index contributed by atoms with van der Waals surface area (Å²) in [6.45, 7) is 5.77. The fourth-order valence-electron chi connectivity index (χ4n) is 2.62. The van der Waals surface area contributed by atoms with Crippen molar-refractivity contribution in [2.75, 3.05) is 6.54 Å². The maximum absolute atomic E-state index is 13.3. The van der Waals surface area contributed by atoms with Gasteiger partial charge in [-0.2, -0.15) is 0 Å². The molecule has 0 saturated carbocycles. The van der Waals surface area contributed by atoms with Gasteiger partial charge < -0.3 is 9.53 Å². The van der Waals surface area contributed by atoms with E-state index in [2.05, 4.69) is 0 Å². The summed E-state index contributed by atoms with van der Waals surface area (Å²) >= 11 is 0. The van der Waals surface area contributed by atoms with Crippen LogP contribution in [0, 0.1) is 5.82 Å². The van der Waals surface area contributed by atoms with Gasteiger partial charge in [0.1, 0.15) is 17.7 Å². The lowest BCUT2D eigenvalue weighted by Gasteiger charge is -2.27. The van der Waals surface area contributed by atoms with E-state index in [0.29, 0.717) is 13.0 Å². The number of aldehydes is 1. The molecule has 0 bridgehead atoms. The number of hydrogen-bond donors (Lipinski definition) is 0. The van der Waals surface area contributed by atoms with E-state index in [1.165, 1.54) is 17.0 Å². The average molecular weight is 293 g/mol. The highest BCUT2D eigenvalue weighted by molar-refractivity contribution is 5.75. The van der Waals surface area contributed by atoms with Crippen LogP contribution < -0.4 is 0 Å². The highest BCUT2D eigenvalue weighted by Gasteiger charge is 2.39. The van der Waals surface area contributed by atoms with E-state index in [4.69, 9.17) is 4.74 Å². The lowest BCUT2D eigenvalue weighted by Crippen LogP contribution is -2.41. The van der Waals surface area contributed by atoms with E-state index in [0.717, 1.165) is 11.8 Å². The molecule has 0 radical (unpaired) electrons. The van der Waals surface area contributed by atoms with E-state index in [1.54, 1.807) is 32.9 Å².